The van der Waals surface area contributed by atoms with E-state index in [2.05, 4.69) is 5.32 Å². The van der Waals surface area contributed by atoms with Gasteiger partial charge in [0.2, 0.25) is 0 Å². The van der Waals surface area contributed by atoms with Gasteiger partial charge >= 0.3 is 0 Å². The molecule has 98 valence electrons. The van der Waals surface area contributed by atoms with Crippen LogP contribution in [-0.2, 0) is 4.74 Å². The summed E-state index contributed by atoms with van der Waals surface area (Å²) in [5.74, 6) is -0.263. The van der Waals surface area contributed by atoms with Crippen molar-refractivity contribution in [2.45, 2.75) is 37.9 Å². The Balaban J connectivity index is 2.02. The Morgan fingerprint density at radius 1 is 1.33 bits per heavy atom. The van der Waals surface area contributed by atoms with E-state index in [1.807, 2.05) is 6.07 Å². The number of ether oxygens (including phenoxy) is 1. The Morgan fingerprint density at radius 2 is 2.00 bits per heavy atom. The largest absolute Gasteiger partial charge is 0.388 e. The summed E-state index contributed by atoms with van der Waals surface area (Å²) in [5.41, 5.74) is 0.526. The van der Waals surface area contributed by atoms with Gasteiger partial charge in [0, 0.05) is 12.0 Å². The van der Waals surface area contributed by atoms with Crippen LogP contribution in [0.5, 0.6) is 0 Å². The van der Waals surface area contributed by atoms with Crippen LogP contribution < -0.4 is 5.32 Å². The van der Waals surface area contributed by atoms with Crippen molar-refractivity contribution < 1.29 is 19.7 Å². The minimum Gasteiger partial charge on any atom is -0.388 e. The fourth-order valence-corrected chi connectivity index (χ4v) is 2.05. The summed E-state index contributed by atoms with van der Waals surface area (Å²) in [6, 6.07) is 8.25. The maximum absolute atomic E-state index is 11.9. The molecule has 1 aromatic rings. The number of nitrogens with one attached hydrogen (secondary N) is 1. The zero-order valence-corrected chi connectivity index (χ0v) is 10.1. The van der Waals surface area contributed by atoms with E-state index >= 15 is 0 Å². The quantitative estimate of drug-likeness (QED) is 0.705. The van der Waals surface area contributed by atoms with Gasteiger partial charge in [-0.2, -0.15) is 0 Å². The summed E-state index contributed by atoms with van der Waals surface area (Å²) in [4.78, 5) is 11.9. The molecule has 0 aliphatic carbocycles. The van der Waals surface area contributed by atoms with E-state index in [0.29, 0.717) is 5.56 Å². The smallest absolute Gasteiger partial charge is 0.251 e. The molecule has 2 rings (SSSR count). The molecule has 18 heavy (non-hydrogen) atoms. The second kappa shape index (κ2) is 5.48. The predicted molar refractivity (Wildman–Crippen MR) is 64.9 cm³/mol. The van der Waals surface area contributed by atoms with Gasteiger partial charge < -0.3 is 20.3 Å². The summed E-state index contributed by atoms with van der Waals surface area (Å²) in [6.07, 6.45) is -2.09. The van der Waals surface area contributed by atoms with Gasteiger partial charge in [0.1, 0.15) is 6.10 Å². The lowest BCUT2D eigenvalue weighted by Gasteiger charge is -2.36. The highest BCUT2D eigenvalue weighted by molar-refractivity contribution is 5.94. The second-order valence-corrected chi connectivity index (χ2v) is 4.47. The molecule has 5 nitrogen and oxygen atoms in total. The van der Waals surface area contributed by atoms with Crippen molar-refractivity contribution in [1.82, 2.24) is 5.32 Å². The van der Waals surface area contributed by atoms with Crippen LogP contribution in [0, 0.1) is 0 Å². The van der Waals surface area contributed by atoms with Gasteiger partial charge in [0.15, 0.2) is 6.29 Å². The molecule has 1 heterocycles. The first-order valence-corrected chi connectivity index (χ1v) is 5.95. The zero-order valence-electron chi connectivity index (χ0n) is 10.1. The van der Waals surface area contributed by atoms with Crippen molar-refractivity contribution in [3.63, 3.8) is 0 Å². The number of carbonyl (C=O) groups excluding carboxylic acids is 1. The van der Waals surface area contributed by atoms with Crippen LogP contribution >= 0.6 is 0 Å². The van der Waals surface area contributed by atoms with Gasteiger partial charge in [0.25, 0.3) is 5.91 Å². The van der Waals surface area contributed by atoms with Crippen LogP contribution in [0.1, 0.15) is 23.7 Å². The van der Waals surface area contributed by atoms with Crippen LogP contribution in [-0.4, -0.2) is 40.7 Å². The number of carbonyl (C=O) groups is 1. The van der Waals surface area contributed by atoms with Crippen LogP contribution in [0.2, 0.25) is 0 Å². The molecular weight excluding hydrogens is 234 g/mol. The SMILES string of the molecule is C[C@@H]1O[C@@H](O)C[C@H](NC(=O)c2ccccc2)[C@H]1O. The van der Waals surface area contributed by atoms with Gasteiger partial charge in [0.05, 0.1) is 12.1 Å². The molecule has 0 spiro atoms. The minimum atomic E-state index is -0.954. The summed E-state index contributed by atoms with van der Waals surface area (Å²) in [5, 5.41) is 22.1. The second-order valence-electron chi connectivity index (χ2n) is 4.47. The van der Waals surface area contributed by atoms with Crippen LogP contribution in [0.3, 0.4) is 0 Å². The van der Waals surface area contributed by atoms with Gasteiger partial charge in [-0.05, 0) is 19.1 Å². The van der Waals surface area contributed by atoms with Crippen molar-refractivity contribution in [2.75, 3.05) is 0 Å². The molecule has 0 bridgehead atoms. The van der Waals surface area contributed by atoms with E-state index in [1.165, 1.54) is 0 Å². The Kier molecular flexibility index (Phi) is 3.96. The number of benzene rings is 1. The molecule has 4 atom stereocenters. The summed E-state index contributed by atoms with van der Waals surface area (Å²) < 4.78 is 5.07. The number of aliphatic hydroxyl groups is 2. The highest BCUT2D eigenvalue weighted by Crippen LogP contribution is 2.19. The standard InChI is InChI=1S/C13H17NO4/c1-8-12(16)10(7-11(15)18-8)14-13(17)9-5-3-2-4-6-9/h2-6,8,10-12,15-16H,7H2,1H3,(H,14,17)/t8-,10-,11+,12-/m0/s1. The number of hydrogen-bond acceptors (Lipinski definition) is 4. The molecule has 1 saturated heterocycles. The number of amides is 1. The van der Waals surface area contributed by atoms with Gasteiger partial charge in [-0.15, -0.1) is 0 Å². The first kappa shape index (κ1) is 13.0. The Labute approximate surface area is 105 Å². The highest BCUT2D eigenvalue weighted by Gasteiger charge is 2.35. The number of rotatable bonds is 2. The molecule has 1 aliphatic heterocycles. The summed E-state index contributed by atoms with van der Waals surface area (Å²) in [6.45, 7) is 1.66. The van der Waals surface area contributed by atoms with Gasteiger partial charge in [-0.3, -0.25) is 4.79 Å². The van der Waals surface area contributed by atoms with E-state index in [1.54, 1.807) is 31.2 Å². The van der Waals surface area contributed by atoms with Gasteiger partial charge in [-0.25, -0.2) is 0 Å². The Hall–Kier alpha value is -1.43. The minimum absolute atomic E-state index is 0.185. The fraction of sp³-hybridized carbons (Fsp3) is 0.462. The van der Waals surface area contributed by atoms with E-state index < -0.39 is 24.5 Å². The lowest BCUT2D eigenvalue weighted by atomic mass is 9.99. The average molecular weight is 251 g/mol. The lowest BCUT2D eigenvalue weighted by molar-refractivity contribution is -0.201. The summed E-state index contributed by atoms with van der Waals surface area (Å²) in [7, 11) is 0. The Morgan fingerprint density at radius 3 is 2.67 bits per heavy atom. The van der Waals surface area contributed by atoms with E-state index in [4.69, 9.17) is 4.74 Å². The number of aliphatic hydroxyl groups excluding tert-OH is 2. The van der Waals surface area contributed by atoms with Crippen LogP contribution in [0.4, 0.5) is 0 Å². The normalized spacial score (nSPS) is 31.9. The third-order valence-electron chi connectivity index (χ3n) is 3.07. The van der Waals surface area contributed by atoms with Crippen LogP contribution in [0.15, 0.2) is 30.3 Å². The maximum atomic E-state index is 11.9. The molecular formula is C13H17NO4. The molecule has 1 fully saturated rings. The van der Waals surface area contributed by atoms with Crippen molar-refractivity contribution >= 4 is 5.91 Å². The van der Waals surface area contributed by atoms with Crippen molar-refractivity contribution in [3.05, 3.63) is 35.9 Å². The first-order chi connectivity index (χ1) is 8.58. The zero-order chi connectivity index (χ0) is 13.1. The molecule has 0 radical (unpaired) electrons. The lowest BCUT2D eigenvalue weighted by Crippen LogP contribution is -2.54. The van der Waals surface area contributed by atoms with Crippen molar-refractivity contribution in [1.29, 1.82) is 0 Å². The third-order valence-corrected chi connectivity index (χ3v) is 3.07. The third kappa shape index (κ3) is 2.87. The number of hydrogen-bond donors (Lipinski definition) is 3. The Bertz CT molecular complexity index is 409. The molecule has 3 N–H and O–H groups in total. The molecule has 5 heteroatoms. The molecule has 1 aliphatic rings. The highest BCUT2D eigenvalue weighted by atomic mass is 16.6. The molecule has 1 amide bonds. The topological polar surface area (TPSA) is 78.8 Å². The molecule has 1 aromatic carbocycles. The molecule has 0 unspecified atom stereocenters. The van der Waals surface area contributed by atoms with Crippen molar-refractivity contribution in [2.24, 2.45) is 0 Å². The first-order valence-electron chi connectivity index (χ1n) is 5.95. The monoisotopic (exact) mass is 251 g/mol. The van der Waals surface area contributed by atoms with E-state index in [-0.39, 0.29) is 12.3 Å². The predicted octanol–water partition coefficient (Wildman–Crippen LogP) is 0.273. The van der Waals surface area contributed by atoms with Crippen LogP contribution in [0.25, 0.3) is 0 Å². The fourth-order valence-electron chi connectivity index (χ4n) is 2.05. The maximum Gasteiger partial charge on any atom is 0.251 e. The summed E-state index contributed by atoms with van der Waals surface area (Å²) >= 11 is 0. The van der Waals surface area contributed by atoms with Gasteiger partial charge in [-0.1, -0.05) is 18.2 Å². The van der Waals surface area contributed by atoms with E-state index in [0.717, 1.165) is 0 Å². The average Bonchev–Trinajstić information content (AvgIpc) is 2.36. The van der Waals surface area contributed by atoms with Crippen molar-refractivity contribution in [3.8, 4) is 0 Å². The molecule has 0 saturated carbocycles. The van der Waals surface area contributed by atoms with E-state index in [9.17, 15) is 15.0 Å². The molecule has 0 aromatic heterocycles.